The van der Waals surface area contributed by atoms with E-state index in [2.05, 4.69) is 10.3 Å². The Bertz CT molecular complexity index is 766. The number of hydrogen-bond acceptors (Lipinski definition) is 6. The largest absolute Gasteiger partial charge is 0.391 e. The molecule has 2 atom stereocenters. The Morgan fingerprint density at radius 3 is 2.88 bits per heavy atom. The number of amides is 1. The number of hydrogen-bond donors (Lipinski definition) is 1. The fourth-order valence-corrected chi connectivity index (χ4v) is 3.16. The van der Waals surface area contributed by atoms with Gasteiger partial charge in [0.15, 0.2) is 5.78 Å². The van der Waals surface area contributed by atoms with Gasteiger partial charge in [-0.05, 0) is 19.4 Å². The number of aliphatic hydroxyl groups excluding tert-OH is 1. The summed E-state index contributed by atoms with van der Waals surface area (Å²) in [7, 11) is 1.82. The molecule has 1 saturated heterocycles. The van der Waals surface area contributed by atoms with E-state index in [9.17, 15) is 14.7 Å². The van der Waals surface area contributed by atoms with E-state index in [0.29, 0.717) is 24.3 Å². The minimum atomic E-state index is -0.677. The van der Waals surface area contributed by atoms with Crippen molar-refractivity contribution in [1.29, 1.82) is 0 Å². The third kappa shape index (κ3) is 4.14. The summed E-state index contributed by atoms with van der Waals surface area (Å²) in [6.45, 7) is 1.95. The molecule has 2 aromatic heterocycles. The van der Waals surface area contributed by atoms with E-state index in [4.69, 9.17) is 4.52 Å². The summed E-state index contributed by atoms with van der Waals surface area (Å²) in [6, 6.07) is 2.98. The van der Waals surface area contributed by atoms with Gasteiger partial charge in [0.05, 0.1) is 30.0 Å². The summed E-state index contributed by atoms with van der Waals surface area (Å²) in [6.07, 6.45) is 2.28. The fourth-order valence-electron chi connectivity index (χ4n) is 3.16. The molecule has 0 bridgehead atoms. The lowest BCUT2D eigenvalue weighted by atomic mass is 10.0. The summed E-state index contributed by atoms with van der Waals surface area (Å²) >= 11 is 0. The number of aliphatic hydroxyl groups is 1. The molecular weight excluding hydrogens is 324 g/mol. The third-order valence-corrected chi connectivity index (χ3v) is 4.37. The zero-order valence-electron chi connectivity index (χ0n) is 14.4. The van der Waals surface area contributed by atoms with Crippen LogP contribution in [0.15, 0.2) is 22.9 Å². The first-order chi connectivity index (χ1) is 11.9. The van der Waals surface area contributed by atoms with Crippen molar-refractivity contribution in [3.63, 3.8) is 0 Å². The lowest BCUT2D eigenvalue weighted by molar-refractivity contribution is -0.137. The van der Waals surface area contributed by atoms with Gasteiger partial charge in [-0.1, -0.05) is 5.16 Å². The maximum absolute atomic E-state index is 12.6. The maximum Gasteiger partial charge on any atom is 0.231 e. The topological polar surface area (TPSA) is 101 Å². The second-order valence-corrected chi connectivity index (χ2v) is 6.51. The van der Waals surface area contributed by atoms with E-state index in [1.54, 1.807) is 17.7 Å². The zero-order chi connectivity index (χ0) is 18.0. The van der Waals surface area contributed by atoms with Crippen LogP contribution < -0.4 is 0 Å². The molecule has 3 rings (SSSR count). The van der Waals surface area contributed by atoms with Crippen LogP contribution in [0.1, 0.15) is 30.0 Å². The fraction of sp³-hybridized carbons (Fsp3) is 0.529. The molecule has 0 aliphatic carbocycles. The summed E-state index contributed by atoms with van der Waals surface area (Å²) in [4.78, 5) is 26.5. The molecule has 25 heavy (non-hydrogen) atoms. The molecule has 1 amide bonds. The lowest BCUT2D eigenvalue weighted by Gasteiger charge is -2.23. The van der Waals surface area contributed by atoms with E-state index < -0.39 is 12.1 Å². The lowest BCUT2D eigenvalue weighted by Crippen LogP contribution is -2.41. The number of carbonyl (C=O) groups is 2. The highest BCUT2D eigenvalue weighted by atomic mass is 16.5. The van der Waals surface area contributed by atoms with Gasteiger partial charge in [0, 0.05) is 38.7 Å². The predicted octanol–water partition coefficient (Wildman–Crippen LogP) is 0.423. The van der Waals surface area contributed by atoms with Crippen LogP contribution in [0.25, 0.3) is 0 Å². The monoisotopic (exact) mass is 346 g/mol. The van der Waals surface area contributed by atoms with Crippen molar-refractivity contribution >= 4 is 11.7 Å². The highest BCUT2D eigenvalue weighted by molar-refractivity contribution is 5.90. The Kier molecular flexibility index (Phi) is 4.98. The van der Waals surface area contributed by atoms with Gasteiger partial charge in [-0.15, -0.1) is 0 Å². The van der Waals surface area contributed by atoms with Crippen LogP contribution in [-0.2, 0) is 29.5 Å². The van der Waals surface area contributed by atoms with Crippen LogP contribution in [0.2, 0.25) is 0 Å². The molecule has 0 aromatic carbocycles. The first-order valence-corrected chi connectivity index (χ1v) is 8.33. The highest BCUT2D eigenvalue weighted by Gasteiger charge is 2.38. The van der Waals surface area contributed by atoms with Gasteiger partial charge in [0.2, 0.25) is 5.91 Å². The normalized spacial score (nSPS) is 20.2. The van der Waals surface area contributed by atoms with Crippen LogP contribution >= 0.6 is 0 Å². The second kappa shape index (κ2) is 7.18. The highest BCUT2D eigenvalue weighted by Crippen LogP contribution is 2.22. The van der Waals surface area contributed by atoms with Gasteiger partial charge in [-0.25, -0.2) is 0 Å². The number of β-amino-alcohol motifs (C(OH)–C–C–N with tert-alkyl or cyclic N) is 1. The number of rotatable bonds is 6. The van der Waals surface area contributed by atoms with E-state index in [0.717, 1.165) is 5.69 Å². The molecule has 1 aliphatic heterocycles. The molecule has 0 unspecified atom stereocenters. The molecule has 8 nitrogen and oxygen atoms in total. The zero-order valence-corrected chi connectivity index (χ0v) is 14.4. The smallest absolute Gasteiger partial charge is 0.231 e. The van der Waals surface area contributed by atoms with E-state index in [1.807, 2.05) is 19.3 Å². The Labute approximate surface area is 145 Å². The SMILES string of the molecule is Cc1cc(CC(=O)N2C[C@H](O)C[C@H]2C(=O)CCc2ccn(C)n2)on1. The van der Waals surface area contributed by atoms with E-state index in [-0.39, 0.29) is 31.1 Å². The number of carbonyl (C=O) groups excluding carboxylic acids is 2. The van der Waals surface area contributed by atoms with Gasteiger partial charge in [-0.3, -0.25) is 14.3 Å². The minimum absolute atomic E-state index is 0.0393. The van der Waals surface area contributed by atoms with Gasteiger partial charge in [-0.2, -0.15) is 5.10 Å². The molecule has 1 N–H and O–H groups in total. The molecular formula is C17H22N4O4. The number of aryl methyl sites for hydroxylation is 3. The van der Waals surface area contributed by atoms with Gasteiger partial charge < -0.3 is 14.5 Å². The quantitative estimate of drug-likeness (QED) is 0.813. The molecule has 0 spiro atoms. The van der Waals surface area contributed by atoms with Crippen LogP contribution in [0, 0.1) is 6.92 Å². The predicted molar refractivity (Wildman–Crippen MR) is 87.6 cm³/mol. The Morgan fingerprint density at radius 1 is 1.44 bits per heavy atom. The third-order valence-electron chi connectivity index (χ3n) is 4.37. The first kappa shape index (κ1) is 17.3. The molecule has 0 radical (unpaired) electrons. The van der Waals surface area contributed by atoms with Crippen molar-refractivity contribution in [1.82, 2.24) is 19.8 Å². The number of aromatic nitrogens is 3. The number of likely N-dealkylation sites (tertiary alicyclic amines) is 1. The molecule has 1 fully saturated rings. The maximum atomic E-state index is 12.6. The standard InChI is InChI=1S/C17H22N4O4/c1-11-7-14(25-19-11)9-17(24)21-10-13(22)8-15(21)16(23)4-3-12-5-6-20(2)18-12/h5-7,13,15,22H,3-4,8-10H2,1-2H3/t13-,15+/m1/s1. The van der Waals surface area contributed by atoms with E-state index in [1.165, 1.54) is 4.90 Å². The van der Waals surface area contributed by atoms with Crippen molar-refractivity contribution in [3.8, 4) is 0 Å². The summed E-state index contributed by atoms with van der Waals surface area (Å²) < 4.78 is 6.76. The molecule has 3 heterocycles. The average Bonchev–Trinajstić information content (AvgIpc) is 3.26. The Balaban J connectivity index is 1.61. The second-order valence-electron chi connectivity index (χ2n) is 6.51. The molecule has 1 aliphatic rings. The van der Waals surface area contributed by atoms with Gasteiger partial charge >= 0.3 is 0 Å². The number of nitrogens with zero attached hydrogens (tertiary/aromatic N) is 4. The van der Waals surface area contributed by atoms with Crippen molar-refractivity contribution in [3.05, 3.63) is 35.5 Å². The molecule has 2 aromatic rings. The van der Waals surface area contributed by atoms with Crippen molar-refractivity contribution < 1.29 is 19.2 Å². The Hall–Kier alpha value is -2.48. The van der Waals surface area contributed by atoms with Crippen LogP contribution in [0.3, 0.4) is 0 Å². The summed E-state index contributed by atoms with van der Waals surface area (Å²) in [5.41, 5.74) is 1.54. The van der Waals surface area contributed by atoms with Crippen molar-refractivity contribution in [2.45, 2.75) is 44.8 Å². The number of Topliss-reactive ketones (excluding diaryl/α,β-unsaturated/α-hetero) is 1. The summed E-state index contributed by atoms with van der Waals surface area (Å²) in [5.74, 6) is 0.178. The molecule has 134 valence electrons. The average molecular weight is 346 g/mol. The number of ketones is 1. The first-order valence-electron chi connectivity index (χ1n) is 8.33. The minimum Gasteiger partial charge on any atom is -0.391 e. The molecule has 8 heteroatoms. The van der Waals surface area contributed by atoms with Crippen LogP contribution in [0.5, 0.6) is 0 Å². The Morgan fingerprint density at radius 2 is 2.24 bits per heavy atom. The van der Waals surface area contributed by atoms with Crippen LogP contribution in [-0.4, -0.2) is 55.3 Å². The molecule has 0 saturated carbocycles. The summed E-state index contributed by atoms with van der Waals surface area (Å²) in [5, 5.41) is 17.9. The van der Waals surface area contributed by atoms with E-state index >= 15 is 0 Å². The van der Waals surface area contributed by atoms with Crippen molar-refractivity contribution in [2.24, 2.45) is 7.05 Å². The van der Waals surface area contributed by atoms with Crippen molar-refractivity contribution in [2.75, 3.05) is 6.54 Å². The van der Waals surface area contributed by atoms with Gasteiger partial charge in [0.1, 0.15) is 5.76 Å². The van der Waals surface area contributed by atoms with Gasteiger partial charge in [0.25, 0.3) is 0 Å². The van der Waals surface area contributed by atoms with Crippen LogP contribution in [0.4, 0.5) is 0 Å².